The molecule has 3 aromatic rings. The molecule has 4 N–H and O–H groups in total. The third-order valence-electron chi connectivity index (χ3n) is 6.24. The number of nitrogens with zero attached hydrogens (tertiary/aromatic N) is 3. The molecule has 2 aliphatic heterocycles. The van der Waals surface area contributed by atoms with Gasteiger partial charge in [0.25, 0.3) is 5.91 Å². The summed E-state index contributed by atoms with van der Waals surface area (Å²) in [5.41, 5.74) is 8.62. The SMILES string of the molecule is Nc1cscc1NC(=O)c1ccc(CN(CCN2CCOCC2)C(=O)Nc2ccc3c(c2)OCCO3)cn1. The van der Waals surface area contributed by atoms with Gasteiger partial charge < -0.3 is 35.5 Å². The molecule has 200 valence electrons. The van der Waals surface area contributed by atoms with E-state index in [1.54, 1.807) is 52.2 Å². The van der Waals surface area contributed by atoms with Crippen molar-refractivity contribution < 1.29 is 23.8 Å². The molecule has 12 heteroatoms. The van der Waals surface area contributed by atoms with Gasteiger partial charge in [0, 0.05) is 61.4 Å². The van der Waals surface area contributed by atoms with Crippen molar-refractivity contribution in [1.82, 2.24) is 14.8 Å². The predicted octanol–water partition coefficient (Wildman–Crippen LogP) is 3.12. The fourth-order valence-corrected chi connectivity index (χ4v) is 4.80. The highest BCUT2D eigenvalue weighted by molar-refractivity contribution is 7.09. The molecule has 38 heavy (non-hydrogen) atoms. The first-order chi connectivity index (χ1) is 18.5. The Bertz CT molecular complexity index is 1260. The van der Waals surface area contributed by atoms with Gasteiger partial charge in [-0.2, -0.15) is 0 Å². The second-order valence-corrected chi connectivity index (χ2v) is 9.65. The highest BCUT2D eigenvalue weighted by Crippen LogP contribution is 2.32. The Morgan fingerprint density at radius 2 is 1.84 bits per heavy atom. The zero-order chi connectivity index (χ0) is 26.3. The van der Waals surface area contributed by atoms with Gasteiger partial charge in [-0.1, -0.05) is 6.07 Å². The molecule has 0 aliphatic carbocycles. The fourth-order valence-electron chi connectivity index (χ4n) is 4.13. The summed E-state index contributed by atoms with van der Waals surface area (Å²) in [5, 5.41) is 9.27. The van der Waals surface area contributed by atoms with Crippen molar-refractivity contribution in [1.29, 1.82) is 0 Å². The Morgan fingerprint density at radius 3 is 2.58 bits per heavy atom. The van der Waals surface area contributed by atoms with Crippen LogP contribution in [0.2, 0.25) is 0 Å². The number of nitrogens with one attached hydrogen (secondary N) is 2. The number of nitrogens with two attached hydrogens (primary N) is 1. The first-order valence-electron chi connectivity index (χ1n) is 12.4. The minimum Gasteiger partial charge on any atom is -0.486 e. The number of amides is 3. The smallest absolute Gasteiger partial charge is 0.322 e. The summed E-state index contributed by atoms with van der Waals surface area (Å²) in [4.78, 5) is 34.2. The van der Waals surface area contributed by atoms with E-state index in [0.717, 1.165) is 18.7 Å². The van der Waals surface area contributed by atoms with E-state index in [0.29, 0.717) is 74.6 Å². The van der Waals surface area contributed by atoms with Crippen LogP contribution < -0.4 is 25.8 Å². The molecule has 1 fully saturated rings. The van der Waals surface area contributed by atoms with Crippen molar-refractivity contribution in [2.75, 3.05) is 69.0 Å². The molecule has 2 aromatic heterocycles. The van der Waals surface area contributed by atoms with Crippen LogP contribution in [0, 0.1) is 0 Å². The highest BCUT2D eigenvalue weighted by atomic mass is 32.1. The normalized spacial score (nSPS) is 15.1. The lowest BCUT2D eigenvalue weighted by Crippen LogP contribution is -2.44. The van der Waals surface area contributed by atoms with Crippen molar-refractivity contribution in [3.05, 3.63) is 58.5 Å². The van der Waals surface area contributed by atoms with Gasteiger partial charge in [-0.25, -0.2) is 4.79 Å². The van der Waals surface area contributed by atoms with Crippen LogP contribution in [0.15, 0.2) is 47.3 Å². The van der Waals surface area contributed by atoms with Crippen LogP contribution in [0.25, 0.3) is 0 Å². The molecule has 2 aliphatic rings. The quantitative estimate of drug-likeness (QED) is 0.399. The van der Waals surface area contributed by atoms with E-state index >= 15 is 0 Å². The van der Waals surface area contributed by atoms with Gasteiger partial charge in [0.2, 0.25) is 0 Å². The summed E-state index contributed by atoms with van der Waals surface area (Å²) in [6.45, 7) is 5.57. The summed E-state index contributed by atoms with van der Waals surface area (Å²) in [6, 6.07) is 8.55. The number of thiophene rings is 1. The molecule has 0 atom stereocenters. The lowest BCUT2D eigenvalue weighted by Gasteiger charge is -2.30. The Hall–Kier alpha value is -3.87. The molecule has 0 unspecified atom stereocenters. The molecule has 1 saturated heterocycles. The van der Waals surface area contributed by atoms with Crippen LogP contribution in [0.1, 0.15) is 16.1 Å². The number of pyridine rings is 1. The van der Waals surface area contributed by atoms with Gasteiger partial charge in [-0.15, -0.1) is 11.3 Å². The number of carbonyl (C=O) groups excluding carboxylic acids is 2. The Kier molecular flexibility index (Phi) is 8.22. The third kappa shape index (κ3) is 6.52. The molecule has 1 aromatic carbocycles. The molecular weight excluding hydrogens is 508 g/mol. The Labute approximate surface area is 224 Å². The minimum atomic E-state index is -0.345. The second-order valence-electron chi connectivity index (χ2n) is 8.91. The van der Waals surface area contributed by atoms with Gasteiger partial charge in [0.05, 0.1) is 24.6 Å². The van der Waals surface area contributed by atoms with Gasteiger partial charge in [-0.3, -0.25) is 14.7 Å². The molecular formula is C26H30N6O5S. The fraction of sp³-hybridized carbons (Fsp3) is 0.346. The number of morpholine rings is 1. The number of fused-ring (bicyclic) bond motifs is 1. The van der Waals surface area contributed by atoms with Crippen molar-refractivity contribution >= 4 is 40.3 Å². The number of anilines is 3. The standard InChI is InChI=1S/C26H30N6O5S/c27-20-16-38-17-22(20)30-25(33)21-3-1-18(14-28-21)15-32(6-5-31-7-9-35-10-8-31)26(34)29-19-2-4-23-24(13-19)37-12-11-36-23/h1-4,13-14,16-17H,5-12,15,27H2,(H,29,34)(H,30,33). The monoisotopic (exact) mass is 538 g/mol. The zero-order valence-electron chi connectivity index (χ0n) is 20.9. The van der Waals surface area contributed by atoms with Gasteiger partial charge in [-0.05, 0) is 23.8 Å². The van der Waals surface area contributed by atoms with Crippen molar-refractivity contribution in [2.45, 2.75) is 6.54 Å². The number of hydrogen-bond acceptors (Lipinski definition) is 9. The van der Waals surface area contributed by atoms with Gasteiger partial charge in [0.1, 0.15) is 18.9 Å². The molecule has 0 bridgehead atoms. The van der Waals surface area contributed by atoms with E-state index in [2.05, 4.69) is 20.5 Å². The molecule has 4 heterocycles. The van der Waals surface area contributed by atoms with Crippen molar-refractivity contribution in [3.63, 3.8) is 0 Å². The highest BCUT2D eigenvalue weighted by Gasteiger charge is 2.20. The first kappa shape index (κ1) is 25.8. The summed E-state index contributed by atoms with van der Waals surface area (Å²) < 4.78 is 16.7. The van der Waals surface area contributed by atoms with E-state index in [1.165, 1.54) is 11.3 Å². The molecule has 0 spiro atoms. The maximum Gasteiger partial charge on any atom is 0.322 e. The average Bonchev–Trinajstić information content (AvgIpc) is 3.35. The molecule has 0 radical (unpaired) electrons. The third-order valence-corrected chi connectivity index (χ3v) is 7.00. The first-order valence-corrected chi connectivity index (χ1v) is 13.3. The zero-order valence-corrected chi connectivity index (χ0v) is 21.7. The Morgan fingerprint density at radius 1 is 1.03 bits per heavy atom. The molecule has 5 rings (SSSR count). The number of benzene rings is 1. The maximum atomic E-state index is 13.3. The molecule has 11 nitrogen and oxygen atoms in total. The van der Waals surface area contributed by atoms with E-state index in [4.69, 9.17) is 19.9 Å². The maximum absolute atomic E-state index is 13.3. The summed E-state index contributed by atoms with van der Waals surface area (Å²) >= 11 is 1.41. The number of hydrogen-bond donors (Lipinski definition) is 3. The van der Waals surface area contributed by atoms with E-state index in [9.17, 15) is 9.59 Å². The van der Waals surface area contributed by atoms with E-state index in [1.807, 2.05) is 0 Å². The van der Waals surface area contributed by atoms with Crippen LogP contribution in [-0.2, 0) is 11.3 Å². The van der Waals surface area contributed by atoms with Crippen molar-refractivity contribution in [2.24, 2.45) is 0 Å². The number of nitrogen functional groups attached to an aromatic ring is 1. The second kappa shape index (κ2) is 12.1. The van der Waals surface area contributed by atoms with E-state index in [-0.39, 0.29) is 17.6 Å². The van der Waals surface area contributed by atoms with Gasteiger partial charge in [0.15, 0.2) is 11.5 Å². The largest absolute Gasteiger partial charge is 0.486 e. The number of aromatic nitrogens is 1. The van der Waals surface area contributed by atoms with Crippen LogP contribution in [0.5, 0.6) is 11.5 Å². The number of rotatable bonds is 8. The van der Waals surface area contributed by atoms with Crippen LogP contribution in [0.3, 0.4) is 0 Å². The van der Waals surface area contributed by atoms with E-state index < -0.39 is 0 Å². The number of carbonyl (C=O) groups is 2. The van der Waals surface area contributed by atoms with Crippen LogP contribution >= 0.6 is 11.3 Å². The van der Waals surface area contributed by atoms with Crippen LogP contribution in [0.4, 0.5) is 21.9 Å². The van der Waals surface area contributed by atoms with Gasteiger partial charge >= 0.3 is 6.03 Å². The predicted molar refractivity (Wildman–Crippen MR) is 145 cm³/mol. The van der Waals surface area contributed by atoms with Crippen molar-refractivity contribution in [3.8, 4) is 11.5 Å². The number of urea groups is 1. The Balaban J connectivity index is 1.25. The minimum absolute atomic E-state index is 0.246. The summed E-state index contributed by atoms with van der Waals surface area (Å²) in [6.07, 6.45) is 1.62. The lowest BCUT2D eigenvalue weighted by atomic mass is 10.2. The number of ether oxygens (including phenoxy) is 3. The topological polar surface area (TPSA) is 131 Å². The summed E-state index contributed by atoms with van der Waals surface area (Å²) in [5.74, 6) is 0.925. The molecule has 3 amide bonds. The molecule has 0 saturated carbocycles. The van der Waals surface area contributed by atoms with Crippen LogP contribution in [-0.4, -0.2) is 79.3 Å². The summed E-state index contributed by atoms with van der Waals surface area (Å²) in [7, 11) is 0. The lowest BCUT2D eigenvalue weighted by molar-refractivity contribution is 0.0349. The average molecular weight is 539 g/mol.